The summed E-state index contributed by atoms with van der Waals surface area (Å²) >= 11 is 0. The standard InChI is InChI=1S/C20H22N4O4/c25-18-10-15(22-20(23-18)24-5-1-2-6-24)13-7-14(8-13)21-19(26)12-3-4-16-17(9-12)28-11-27-16/h3-4,9-10,13-14H,1-2,5-8,11H2,(H,21,26)(H,22,23,25). The summed E-state index contributed by atoms with van der Waals surface area (Å²) in [5.41, 5.74) is 1.26. The number of nitrogens with zero attached hydrogens (tertiary/aromatic N) is 2. The van der Waals surface area contributed by atoms with Crippen LogP contribution in [0.2, 0.25) is 0 Å². The molecule has 1 aromatic heterocycles. The van der Waals surface area contributed by atoms with E-state index in [0.717, 1.165) is 44.5 Å². The molecule has 0 unspecified atom stereocenters. The highest BCUT2D eigenvalue weighted by Crippen LogP contribution is 2.37. The molecule has 2 fully saturated rings. The quantitative estimate of drug-likeness (QED) is 0.837. The first-order valence-corrected chi connectivity index (χ1v) is 9.72. The van der Waals surface area contributed by atoms with Gasteiger partial charge in [-0.05, 0) is 43.9 Å². The normalized spacial score (nSPS) is 22.8. The van der Waals surface area contributed by atoms with Crippen molar-refractivity contribution in [1.29, 1.82) is 0 Å². The van der Waals surface area contributed by atoms with E-state index >= 15 is 0 Å². The number of aromatic amines is 1. The molecule has 1 saturated heterocycles. The Morgan fingerprint density at radius 3 is 2.75 bits per heavy atom. The van der Waals surface area contributed by atoms with Crippen LogP contribution in [0.15, 0.2) is 29.1 Å². The van der Waals surface area contributed by atoms with Gasteiger partial charge >= 0.3 is 0 Å². The minimum Gasteiger partial charge on any atom is -0.454 e. The number of ether oxygens (including phenoxy) is 2. The van der Waals surface area contributed by atoms with Gasteiger partial charge in [0.05, 0.1) is 5.69 Å². The average molecular weight is 382 g/mol. The Bertz CT molecular complexity index is 961. The first-order chi connectivity index (χ1) is 13.7. The van der Waals surface area contributed by atoms with Crippen molar-refractivity contribution in [3.8, 4) is 11.5 Å². The van der Waals surface area contributed by atoms with Crippen molar-refractivity contribution in [2.75, 3.05) is 24.8 Å². The van der Waals surface area contributed by atoms with Gasteiger partial charge in [-0.1, -0.05) is 0 Å². The molecular weight excluding hydrogens is 360 g/mol. The number of carbonyl (C=O) groups excluding carboxylic acids is 1. The maximum Gasteiger partial charge on any atom is 0.252 e. The Hall–Kier alpha value is -3.03. The Labute approximate surface area is 161 Å². The molecule has 8 nitrogen and oxygen atoms in total. The Kier molecular flexibility index (Phi) is 4.18. The zero-order chi connectivity index (χ0) is 19.1. The fourth-order valence-corrected chi connectivity index (χ4v) is 4.03. The summed E-state index contributed by atoms with van der Waals surface area (Å²) < 4.78 is 10.6. The molecule has 0 radical (unpaired) electrons. The van der Waals surface area contributed by atoms with Crippen molar-refractivity contribution in [3.05, 3.63) is 45.9 Å². The molecule has 1 aliphatic carbocycles. The molecule has 0 bridgehead atoms. The minimum atomic E-state index is -0.127. The number of nitrogens with one attached hydrogen (secondary N) is 2. The number of hydrogen-bond donors (Lipinski definition) is 2. The SMILES string of the molecule is O=C(NC1CC(c2cc(=O)[nH]c(N3CCCC3)n2)C1)c1ccc2c(c1)OCO2. The van der Waals surface area contributed by atoms with E-state index in [0.29, 0.717) is 23.0 Å². The van der Waals surface area contributed by atoms with Gasteiger partial charge in [0.25, 0.3) is 11.5 Å². The monoisotopic (exact) mass is 382 g/mol. The van der Waals surface area contributed by atoms with Crippen LogP contribution in [0.4, 0.5) is 5.95 Å². The van der Waals surface area contributed by atoms with Crippen LogP contribution in [0.5, 0.6) is 11.5 Å². The van der Waals surface area contributed by atoms with E-state index in [-0.39, 0.29) is 30.2 Å². The predicted molar refractivity (Wildman–Crippen MR) is 102 cm³/mol. The van der Waals surface area contributed by atoms with Gasteiger partial charge in [-0.2, -0.15) is 0 Å². The molecule has 2 aliphatic heterocycles. The summed E-state index contributed by atoms with van der Waals surface area (Å²) in [6.45, 7) is 2.06. The topological polar surface area (TPSA) is 96.6 Å². The number of fused-ring (bicyclic) bond motifs is 1. The number of carbonyl (C=O) groups is 1. The Balaban J connectivity index is 1.22. The van der Waals surface area contributed by atoms with Crippen LogP contribution in [-0.4, -0.2) is 41.8 Å². The molecule has 3 heterocycles. The molecule has 0 atom stereocenters. The molecule has 2 N–H and O–H groups in total. The van der Waals surface area contributed by atoms with Crippen molar-refractivity contribution < 1.29 is 14.3 Å². The van der Waals surface area contributed by atoms with Crippen molar-refractivity contribution in [1.82, 2.24) is 15.3 Å². The zero-order valence-electron chi connectivity index (χ0n) is 15.4. The van der Waals surface area contributed by atoms with E-state index in [4.69, 9.17) is 9.47 Å². The molecular formula is C20H22N4O4. The molecule has 146 valence electrons. The van der Waals surface area contributed by atoms with E-state index in [1.807, 2.05) is 0 Å². The van der Waals surface area contributed by atoms with Crippen molar-refractivity contribution in [3.63, 3.8) is 0 Å². The lowest BCUT2D eigenvalue weighted by molar-refractivity contribution is 0.0907. The Morgan fingerprint density at radius 2 is 1.93 bits per heavy atom. The summed E-state index contributed by atoms with van der Waals surface area (Å²) in [6.07, 6.45) is 3.83. The van der Waals surface area contributed by atoms with Gasteiger partial charge in [0, 0.05) is 36.7 Å². The smallest absolute Gasteiger partial charge is 0.252 e. The van der Waals surface area contributed by atoms with Gasteiger partial charge in [0.15, 0.2) is 11.5 Å². The molecule has 8 heteroatoms. The second-order valence-corrected chi connectivity index (χ2v) is 7.59. The first kappa shape index (κ1) is 17.1. The lowest BCUT2D eigenvalue weighted by Gasteiger charge is -2.35. The van der Waals surface area contributed by atoms with Crippen molar-refractivity contribution in [2.24, 2.45) is 0 Å². The van der Waals surface area contributed by atoms with Crippen molar-refractivity contribution in [2.45, 2.75) is 37.6 Å². The molecule has 5 rings (SSSR count). The molecule has 1 saturated carbocycles. The maximum absolute atomic E-state index is 12.5. The van der Waals surface area contributed by atoms with E-state index in [1.54, 1.807) is 24.3 Å². The van der Waals surface area contributed by atoms with E-state index in [1.165, 1.54) is 0 Å². The van der Waals surface area contributed by atoms with Gasteiger partial charge in [0.1, 0.15) is 0 Å². The Morgan fingerprint density at radius 1 is 1.14 bits per heavy atom. The highest BCUT2D eigenvalue weighted by atomic mass is 16.7. The number of anilines is 1. The minimum absolute atomic E-state index is 0.0826. The molecule has 28 heavy (non-hydrogen) atoms. The number of aromatic nitrogens is 2. The summed E-state index contributed by atoms with van der Waals surface area (Å²) in [6, 6.07) is 6.86. The lowest BCUT2D eigenvalue weighted by Crippen LogP contribution is -2.43. The fourth-order valence-electron chi connectivity index (χ4n) is 4.03. The lowest BCUT2D eigenvalue weighted by atomic mass is 9.78. The largest absolute Gasteiger partial charge is 0.454 e. The van der Waals surface area contributed by atoms with Gasteiger partial charge in [-0.25, -0.2) is 4.98 Å². The second kappa shape index (κ2) is 6.85. The summed E-state index contributed by atoms with van der Waals surface area (Å²) in [7, 11) is 0. The van der Waals surface area contributed by atoms with Crippen molar-refractivity contribution >= 4 is 11.9 Å². The van der Waals surface area contributed by atoms with E-state index < -0.39 is 0 Å². The number of amides is 1. The summed E-state index contributed by atoms with van der Waals surface area (Å²) in [4.78, 5) is 34.2. The average Bonchev–Trinajstić information content (AvgIpc) is 3.34. The first-order valence-electron chi connectivity index (χ1n) is 9.72. The zero-order valence-corrected chi connectivity index (χ0v) is 15.4. The summed E-state index contributed by atoms with van der Waals surface area (Å²) in [5.74, 6) is 2.01. The van der Waals surface area contributed by atoms with Crippen LogP contribution in [0.25, 0.3) is 0 Å². The second-order valence-electron chi connectivity index (χ2n) is 7.59. The maximum atomic E-state index is 12.5. The molecule has 0 spiro atoms. The third kappa shape index (κ3) is 3.19. The van der Waals surface area contributed by atoms with Crippen LogP contribution < -0.4 is 25.2 Å². The van der Waals surface area contributed by atoms with Gasteiger partial charge in [-0.3, -0.25) is 14.6 Å². The number of rotatable bonds is 4. The van der Waals surface area contributed by atoms with E-state index in [9.17, 15) is 9.59 Å². The number of hydrogen-bond acceptors (Lipinski definition) is 6. The van der Waals surface area contributed by atoms with Gasteiger partial charge < -0.3 is 19.7 Å². The van der Waals surface area contributed by atoms with Crippen LogP contribution >= 0.6 is 0 Å². The fraction of sp³-hybridized carbons (Fsp3) is 0.450. The third-order valence-corrected chi connectivity index (χ3v) is 5.68. The van der Waals surface area contributed by atoms with Crippen LogP contribution in [-0.2, 0) is 0 Å². The number of H-pyrrole nitrogens is 1. The van der Waals surface area contributed by atoms with Crippen LogP contribution in [0, 0.1) is 0 Å². The molecule has 1 aromatic carbocycles. The molecule has 2 aromatic rings. The molecule has 3 aliphatic rings. The highest BCUT2D eigenvalue weighted by molar-refractivity contribution is 5.95. The third-order valence-electron chi connectivity index (χ3n) is 5.68. The van der Waals surface area contributed by atoms with E-state index in [2.05, 4.69) is 20.2 Å². The van der Waals surface area contributed by atoms with Gasteiger partial charge in [-0.15, -0.1) is 0 Å². The number of benzene rings is 1. The van der Waals surface area contributed by atoms with Crippen LogP contribution in [0.1, 0.15) is 47.7 Å². The van der Waals surface area contributed by atoms with Gasteiger partial charge in [0.2, 0.25) is 12.7 Å². The molecule has 1 amide bonds. The highest BCUT2D eigenvalue weighted by Gasteiger charge is 2.33. The van der Waals surface area contributed by atoms with Crippen LogP contribution in [0.3, 0.4) is 0 Å². The summed E-state index contributed by atoms with van der Waals surface area (Å²) in [5, 5.41) is 3.05. The predicted octanol–water partition coefficient (Wildman–Crippen LogP) is 1.77.